The summed E-state index contributed by atoms with van der Waals surface area (Å²) in [6.07, 6.45) is 2.13. The Balaban J connectivity index is 1.85. The lowest BCUT2D eigenvalue weighted by atomic mass is 9.98. The maximum absolute atomic E-state index is 12.6. The number of benzene rings is 1. The van der Waals surface area contributed by atoms with Crippen LogP contribution in [0.3, 0.4) is 0 Å². The Labute approximate surface area is 162 Å². The first kappa shape index (κ1) is 20.9. The quantitative estimate of drug-likeness (QED) is 0.432. The standard InChI is InChI=1S/C20H32N4O3/c1-14(2)23-20(21-3)22-9-6-7-19(25)24-10-8-15-11-17(26-4)18(27-5)12-16(15)13-24/h11-12,14H,6-10,13H2,1-5H3,(H2,21,22,23). The van der Waals surface area contributed by atoms with Gasteiger partial charge in [-0.15, -0.1) is 0 Å². The molecule has 0 unspecified atom stereocenters. The summed E-state index contributed by atoms with van der Waals surface area (Å²) in [6.45, 7) is 6.21. The van der Waals surface area contributed by atoms with Crippen LogP contribution < -0.4 is 20.1 Å². The summed E-state index contributed by atoms with van der Waals surface area (Å²) >= 11 is 0. The second-order valence-corrected chi connectivity index (χ2v) is 6.94. The molecule has 150 valence electrons. The number of hydrogen-bond acceptors (Lipinski definition) is 4. The number of nitrogens with one attached hydrogen (secondary N) is 2. The van der Waals surface area contributed by atoms with Gasteiger partial charge in [0.15, 0.2) is 17.5 Å². The Bertz CT molecular complexity index is 673. The molecule has 1 amide bonds. The number of carbonyl (C=O) groups excluding carboxylic acids is 1. The van der Waals surface area contributed by atoms with Crippen LogP contribution in [0.15, 0.2) is 17.1 Å². The first-order valence-corrected chi connectivity index (χ1v) is 9.47. The maximum Gasteiger partial charge on any atom is 0.222 e. The number of hydrogen-bond donors (Lipinski definition) is 2. The largest absolute Gasteiger partial charge is 0.493 e. The van der Waals surface area contributed by atoms with Crippen LogP contribution in [0.4, 0.5) is 0 Å². The van der Waals surface area contributed by atoms with Gasteiger partial charge in [0.25, 0.3) is 0 Å². The first-order valence-electron chi connectivity index (χ1n) is 9.47. The molecule has 0 saturated heterocycles. The number of rotatable bonds is 7. The van der Waals surface area contributed by atoms with Crippen LogP contribution in [-0.4, -0.2) is 57.2 Å². The number of methoxy groups -OCH3 is 2. The SMILES string of the molecule is CN=C(NCCCC(=O)N1CCc2cc(OC)c(OC)cc2C1)NC(C)C. The third-order valence-corrected chi connectivity index (χ3v) is 4.58. The Hall–Kier alpha value is -2.44. The fourth-order valence-corrected chi connectivity index (χ4v) is 3.17. The fraction of sp³-hybridized carbons (Fsp3) is 0.600. The van der Waals surface area contributed by atoms with Crippen molar-refractivity contribution < 1.29 is 14.3 Å². The van der Waals surface area contributed by atoms with E-state index in [0.29, 0.717) is 31.3 Å². The van der Waals surface area contributed by atoms with E-state index in [0.717, 1.165) is 36.7 Å². The molecule has 2 N–H and O–H groups in total. The van der Waals surface area contributed by atoms with Gasteiger partial charge in [-0.05, 0) is 49.9 Å². The predicted molar refractivity (Wildman–Crippen MR) is 108 cm³/mol. The molecule has 2 rings (SSSR count). The molecule has 0 bridgehead atoms. The summed E-state index contributed by atoms with van der Waals surface area (Å²) < 4.78 is 10.8. The summed E-state index contributed by atoms with van der Waals surface area (Å²) in [4.78, 5) is 18.7. The van der Waals surface area contributed by atoms with Crippen LogP contribution in [0.5, 0.6) is 11.5 Å². The highest BCUT2D eigenvalue weighted by molar-refractivity contribution is 5.80. The number of fused-ring (bicyclic) bond motifs is 1. The van der Waals surface area contributed by atoms with Crippen molar-refractivity contribution in [3.63, 3.8) is 0 Å². The predicted octanol–water partition coefficient (Wildman–Crippen LogP) is 1.94. The van der Waals surface area contributed by atoms with Crippen LogP contribution in [0.2, 0.25) is 0 Å². The van der Waals surface area contributed by atoms with E-state index in [9.17, 15) is 4.79 Å². The molecular weight excluding hydrogens is 344 g/mol. The maximum atomic E-state index is 12.6. The van der Waals surface area contributed by atoms with Crippen LogP contribution in [-0.2, 0) is 17.8 Å². The molecule has 0 fully saturated rings. The van der Waals surface area contributed by atoms with Crippen LogP contribution in [0.25, 0.3) is 0 Å². The van der Waals surface area contributed by atoms with E-state index in [1.807, 2.05) is 17.0 Å². The zero-order valence-corrected chi connectivity index (χ0v) is 17.1. The van der Waals surface area contributed by atoms with Crippen molar-refractivity contribution in [2.45, 2.75) is 45.7 Å². The summed E-state index contributed by atoms with van der Waals surface area (Å²) in [5, 5.41) is 6.47. The molecule has 7 nitrogen and oxygen atoms in total. The highest BCUT2D eigenvalue weighted by atomic mass is 16.5. The van der Waals surface area contributed by atoms with Gasteiger partial charge in [0, 0.05) is 39.1 Å². The van der Waals surface area contributed by atoms with Gasteiger partial charge < -0.3 is 25.0 Å². The highest BCUT2D eigenvalue weighted by Crippen LogP contribution is 2.33. The Kier molecular flexibility index (Phi) is 7.76. The summed E-state index contributed by atoms with van der Waals surface area (Å²) in [5.41, 5.74) is 2.36. The number of ether oxygens (including phenoxy) is 2. The summed E-state index contributed by atoms with van der Waals surface area (Å²) in [7, 11) is 5.02. The van der Waals surface area contributed by atoms with E-state index in [-0.39, 0.29) is 5.91 Å². The number of carbonyl (C=O) groups is 1. The molecule has 0 aliphatic carbocycles. The highest BCUT2D eigenvalue weighted by Gasteiger charge is 2.22. The van der Waals surface area contributed by atoms with Gasteiger partial charge in [0.2, 0.25) is 5.91 Å². The molecule has 1 aliphatic heterocycles. The Morgan fingerprint density at radius 3 is 2.48 bits per heavy atom. The molecule has 1 heterocycles. The summed E-state index contributed by atoms with van der Waals surface area (Å²) in [6, 6.07) is 4.33. The van der Waals surface area contributed by atoms with Gasteiger partial charge >= 0.3 is 0 Å². The van der Waals surface area contributed by atoms with Crippen molar-refractivity contribution in [3.05, 3.63) is 23.3 Å². The lowest BCUT2D eigenvalue weighted by Gasteiger charge is -2.29. The minimum atomic E-state index is 0.184. The Morgan fingerprint density at radius 2 is 1.89 bits per heavy atom. The minimum Gasteiger partial charge on any atom is -0.493 e. The van der Waals surface area contributed by atoms with E-state index < -0.39 is 0 Å². The lowest BCUT2D eigenvalue weighted by molar-refractivity contribution is -0.132. The van der Waals surface area contributed by atoms with E-state index in [1.165, 1.54) is 5.56 Å². The van der Waals surface area contributed by atoms with Crippen molar-refractivity contribution >= 4 is 11.9 Å². The molecule has 0 radical (unpaired) electrons. The van der Waals surface area contributed by atoms with Gasteiger partial charge in [0.05, 0.1) is 14.2 Å². The van der Waals surface area contributed by atoms with Gasteiger partial charge in [-0.1, -0.05) is 0 Å². The molecule has 7 heteroatoms. The second kappa shape index (κ2) is 10.0. The van der Waals surface area contributed by atoms with E-state index >= 15 is 0 Å². The topological polar surface area (TPSA) is 75.2 Å². The second-order valence-electron chi connectivity index (χ2n) is 6.94. The Morgan fingerprint density at radius 1 is 1.22 bits per heavy atom. The van der Waals surface area contributed by atoms with Crippen LogP contribution in [0, 0.1) is 0 Å². The van der Waals surface area contributed by atoms with Crippen LogP contribution in [0.1, 0.15) is 37.8 Å². The van der Waals surface area contributed by atoms with Gasteiger partial charge in [-0.25, -0.2) is 0 Å². The average Bonchev–Trinajstić information content (AvgIpc) is 2.68. The van der Waals surface area contributed by atoms with Crippen molar-refractivity contribution in [1.29, 1.82) is 0 Å². The van der Waals surface area contributed by atoms with E-state index in [4.69, 9.17) is 9.47 Å². The molecular formula is C20H32N4O3. The lowest BCUT2D eigenvalue weighted by Crippen LogP contribution is -2.41. The third-order valence-electron chi connectivity index (χ3n) is 4.58. The molecule has 0 saturated carbocycles. The molecule has 1 aromatic rings. The normalized spacial score (nSPS) is 14.0. The zero-order chi connectivity index (χ0) is 19.8. The number of aliphatic imine (C=N–C) groups is 1. The van der Waals surface area contributed by atoms with Crippen molar-refractivity contribution in [1.82, 2.24) is 15.5 Å². The van der Waals surface area contributed by atoms with Crippen LogP contribution >= 0.6 is 0 Å². The smallest absolute Gasteiger partial charge is 0.222 e. The number of amides is 1. The van der Waals surface area contributed by atoms with Crippen molar-refractivity contribution in [2.75, 3.05) is 34.4 Å². The summed E-state index contributed by atoms with van der Waals surface area (Å²) in [5.74, 6) is 2.40. The number of nitrogens with zero attached hydrogens (tertiary/aromatic N) is 2. The monoisotopic (exact) mass is 376 g/mol. The van der Waals surface area contributed by atoms with Gasteiger partial charge in [0.1, 0.15) is 0 Å². The van der Waals surface area contributed by atoms with Crippen molar-refractivity contribution in [2.24, 2.45) is 4.99 Å². The third kappa shape index (κ3) is 5.77. The average molecular weight is 377 g/mol. The minimum absolute atomic E-state index is 0.184. The molecule has 1 aromatic carbocycles. The van der Waals surface area contributed by atoms with Crippen molar-refractivity contribution in [3.8, 4) is 11.5 Å². The van der Waals surface area contributed by atoms with E-state index in [1.54, 1.807) is 21.3 Å². The molecule has 0 spiro atoms. The molecule has 1 aliphatic rings. The van der Waals surface area contributed by atoms with E-state index in [2.05, 4.69) is 29.5 Å². The molecule has 27 heavy (non-hydrogen) atoms. The van der Waals surface area contributed by atoms with Gasteiger partial charge in [-0.2, -0.15) is 0 Å². The zero-order valence-electron chi connectivity index (χ0n) is 17.1. The number of guanidine groups is 1. The first-order chi connectivity index (χ1) is 13.0. The fourth-order valence-electron chi connectivity index (χ4n) is 3.17. The van der Waals surface area contributed by atoms with Gasteiger partial charge in [-0.3, -0.25) is 9.79 Å². The molecule has 0 aromatic heterocycles. The molecule has 0 atom stereocenters.